The van der Waals surface area contributed by atoms with Gasteiger partial charge in [0, 0.05) is 16.5 Å². The van der Waals surface area contributed by atoms with Crippen LogP contribution in [0.15, 0.2) is 22.6 Å². The maximum atomic E-state index is 6.19. The van der Waals surface area contributed by atoms with Gasteiger partial charge in [0.1, 0.15) is 11.3 Å². The molecule has 20 heavy (non-hydrogen) atoms. The van der Waals surface area contributed by atoms with Crippen molar-refractivity contribution in [3.8, 4) is 0 Å². The Kier molecular flexibility index (Phi) is 3.72. The summed E-state index contributed by atoms with van der Waals surface area (Å²) >= 11 is 0. The Morgan fingerprint density at radius 3 is 2.25 bits per heavy atom. The van der Waals surface area contributed by atoms with Crippen molar-refractivity contribution in [2.24, 2.45) is 0 Å². The fraction of sp³-hybridized carbons (Fsp3) is 0.556. The van der Waals surface area contributed by atoms with Crippen molar-refractivity contribution in [2.45, 2.75) is 66.0 Å². The Hall–Kier alpha value is -1.28. The average Bonchev–Trinajstić information content (AvgIpc) is 2.62. The largest absolute Gasteiger partial charge is 0.459 e. The van der Waals surface area contributed by atoms with Crippen LogP contribution in [0.5, 0.6) is 0 Å². The van der Waals surface area contributed by atoms with Crippen LogP contribution in [-0.4, -0.2) is 5.54 Å². The minimum Gasteiger partial charge on any atom is -0.459 e. The maximum absolute atomic E-state index is 6.19. The average molecular weight is 273 g/mol. The monoisotopic (exact) mass is 273 g/mol. The minimum atomic E-state index is 0.0955. The van der Waals surface area contributed by atoms with Crippen molar-refractivity contribution in [3.63, 3.8) is 0 Å². The Morgan fingerprint density at radius 1 is 1.05 bits per heavy atom. The molecule has 0 saturated carbocycles. The lowest BCUT2D eigenvalue weighted by atomic mass is 9.86. The second-order valence-corrected chi connectivity index (χ2v) is 7.69. The number of aryl methyl sites for hydroxylation is 1. The van der Waals surface area contributed by atoms with Gasteiger partial charge in [0.15, 0.2) is 0 Å². The Morgan fingerprint density at radius 2 is 1.70 bits per heavy atom. The molecule has 0 unspecified atom stereocenters. The highest BCUT2D eigenvalue weighted by Gasteiger charge is 2.22. The molecule has 0 aliphatic heterocycles. The zero-order valence-corrected chi connectivity index (χ0v) is 13.8. The molecule has 2 aromatic rings. The van der Waals surface area contributed by atoms with Crippen LogP contribution in [0, 0.1) is 6.92 Å². The molecule has 0 aliphatic carbocycles. The highest BCUT2D eigenvalue weighted by Crippen LogP contribution is 2.34. The SMILES string of the molecule is Cc1c(CNC(C)(C)C)oc2c(C(C)(C)C)cccc12. The molecule has 0 aliphatic rings. The number of fused-ring (bicyclic) bond motifs is 1. The summed E-state index contributed by atoms with van der Waals surface area (Å²) in [5.74, 6) is 1.05. The van der Waals surface area contributed by atoms with E-state index < -0.39 is 0 Å². The first-order chi connectivity index (χ1) is 9.09. The molecule has 1 aromatic carbocycles. The number of hydrogen-bond acceptors (Lipinski definition) is 2. The number of para-hydroxylation sites is 1. The van der Waals surface area contributed by atoms with Gasteiger partial charge in [-0.2, -0.15) is 0 Å². The van der Waals surface area contributed by atoms with Crippen LogP contribution in [0.2, 0.25) is 0 Å². The molecule has 2 rings (SSSR count). The van der Waals surface area contributed by atoms with E-state index in [0.29, 0.717) is 0 Å². The molecule has 1 N–H and O–H groups in total. The van der Waals surface area contributed by atoms with Gasteiger partial charge in [0.05, 0.1) is 6.54 Å². The summed E-state index contributed by atoms with van der Waals surface area (Å²) in [6.07, 6.45) is 0. The van der Waals surface area contributed by atoms with Gasteiger partial charge in [0.25, 0.3) is 0 Å². The predicted molar refractivity (Wildman–Crippen MR) is 86.2 cm³/mol. The number of rotatable bonds is 2. The highest BCUT2D eigenvalue weighted by molar-refractivity contribution is 5.85. The maximum Gasteiger partial charge on any atom is 0.138 e. The molecule has 110 valence electrons. The molecule has 0 fully saturated rings. The van der Waals surface area contributed by atoms with Crippen LogP contribution in [0.25, 0.3) is 11.0 Å². The predicted octanol–water partition coefficient (Wildman–Crippen LogP) is 4.93. The van der Waals surface area contributed by atoms with Crippen molar-refractivity contribution in [1.82, 2.24) is 5.32 Å². The summed E-state index contributed by atoms with van der Waals surface area (Å²) in [7, 11) is 0. The zero-order chi connectivity index (χ0) is 15.1. The molecule has 0 atom stereocenters. The van der Waals surface area contributed by atoms with Gasteiger partial charge in [-0.1, -0.05) is 39.0 Å². The molecule has 2 heteroatoms. The Balaban J connectivity index is 2.47. The van der Waals surface area contributed by atoms with Gasteiger partial charge >= 0.3 is 0 Å². The van der Waals surface area contributed by atoms with Crippen LogP contribution in [-0.2, 0) is 12.0 Å². The van der Waals surface area contributed by atoms with Crippen molar-refractivity contribution in [2.75, 3.05) is 0 Å². The molecular formula is C18H27NO. The lowest BCUT2D eigenvalue weighted by Gasteiger charge is -2.20. The number of furan rings is 1. The second-order valence-electron chi connectivity index (χ2n) is 7.69. The first kappa shape index (κ1) is 15.1. The zero-order valence-electron chi connectivity index (χ0n) is 13.8. The Bertz CT molecular complexity index is 609. The van der Waals surface area contributed by atoms with E-state index in [4.69, 9.17) is 4.42 Å². The van der Waals surface area contributed by atoms with Gasteiger partial charge in [-0.05, 0) is 38.7 Å². The molecule has 1 heterocycles. The van der Waals surface area contributed by atoms with Gasteiger partial charge < -0.3 is 9.73 Å². The third-order valence-electron chi connectivity index (χ3n) is 3.65. The fourth-order valence-electron chi connectivity index (χ4n) is 2.40. The van der Waals surface area contributed by atoms with Gasteiger partial charge in [-0.15, -0.1) is 0 Å². The quantitative estimate of drug-likeness (QED) is 0.839. The summed E-state index contributed by atoms with van der Waals surface area (Å²) < 4.78 is 6.19. The normalized spacial score (nSPS) is 13.2. The standard InChI is InChI=1S/C18H27NO/c1-12-13-9-8-10-14(17(2,3)4)16(13)20-15(12)11-19-18(5,6)7/h8-10,19H,11H2,1-7H3. The molecule has 0 bridgehead atoms. The van der Waals surface area contributed by atoms with E-state index in [9.17, 15) is 0 Å². The van der Waals surface area contributed by atoms with Crippen molar-refractivity contribution >= 4 is 11.0 Å². The van der Waals surface area contributed by atoms with Crippen molar-refractivity contribution in [1.29, 1.82) is 0 Å². The fourth-order valence-corrected chi connectivity index (χ4v) is 2.40. The third-order valence-corrected chi connectivity index (χ3v) is 3.65. The molecule has 1 aromatic heterocycles. The molecule has 0 spiro atoms. The first-order valence-electron chi connectivity index (χ1n) is 7.36. The van der Waals surface area contributed by atoms with Crippen LogP contribution in [0.3, 0.4) is 0 Å². The topological polar surface area (TPSA) is 25.2 Å². The van der Waals surface area contributed by atoms with Crippen LogP contribution < -0.4 is 5.32 Å². The number of hydrogen-bond donors (Lipinski definition) is 1. The molecule has 0 radical (unpaired) electrons. The highest BCUT2D eigenvalue weighted by atomic mass is 16.3. The summed E-state index contributed by atoms with van der Waals surface area (Å²) in [6, 6.07) is 6.46. The van der Waals surface area contributed by atoms with Crippen molar-refractivity contribution in [3.05, 3.63) is 35.1 Å². The van der Waals surface area contributed by atoms with Gasteiger partial charge in [-0.3, -0.25) is 0 Å². The second kappa shape index (κ2) is 4.92. The van der Waals surface area contributed by atoms with Crippen LogP contribution >= 0.6 is 0 Å². The number of nitrogens with one attached hydrogen (secondary N) is 1. The lowest BCUT2D eigenvalue weighted by Crippen LogP contribution is -2.35. The number of benzene rings is 1. The summed E-state index contributed by atoms with van der Waals surface area (Å²) in [6.45, 7) is 16.1. The third kappa shape index (κ3) is 3.06. The van der Waals surface area contributed by atoms with Crippen molar-refractivity contribution < 1.29 is 4.42 Å². The van der Waals surface area contributed by atoms with E-state index in [0.717, 1.165) is 17.9 Å². The van der Waals surface area contributed by atoms with Crippen LogP contribution in [0.1, 0.15) is 58.4 Å². The van der Waals surface area contributed by atoms with E-state index in [1.807, 2.05) is 0 Å². The smallest absolute Gasteiger partial charge is 0.138 e. The molecular weight excluding hydrogens is 246 g/mol. The Labute approximate surface area is 122 Å². The molecule has 0 saturated heterocycles. The van der Waals surface area contributed by atoms with E-state index >= 15 is 0 Å². The summed E-state index contributed by atoms with van der Waals surface area (Å²) in [5, 5.41) is 4.74. The summed E-state index contributed by atoms with van der Waals surface area (Å²) in [4.78, 5) is 0. The van der Waals surface area contributed by atoms with Gasteiger partial charge in [-0.25, -0.2) is 0 Å². The molecule has 2 nitrogen and oxygen atoms in total. The van der Waals surface area contributed by atoms with E-state index in [1.54, 1.807) is 0 Å². The van der Waals surface area contributed by atoms with Gasteiger partial charge in [0.2, 0.25) is 0 Å². The van der Waals surface area contributed by atoms with E-state index in [1.165, 1.54) is 16.5 Å². The lowest BCUT2D eigenvalue weighted by molar-refractivity contribution is 0.393. The first-order valence-corrected chi connectivity index (χ1v) is 7.36. The van der Waals surface area contributed by atoms with Crippen LogP contribution in [0.4, 0.5) is 0 Å². The molecule has 0 amide bonds. The minimum absolute atomic E-state index is 0.0955. The summed E-state index contributed by atoms with van der Waals surface area (Å²) in [5.41, 5.74) is 3.77. The van der Waals surface area contributed by atoms with E-state index in [2.05, 4.69) is 72.0 Å². The van der Waals surface area contributed by atoms with E-state index in [-0.39, 0.29) is 11.0 Å².